The lowest BCUT2D eigenvalue weighted by molar-refractivity contribution is 0.569. The van der Waals surface area contributed by atoms with E-state index in [1.807, 2.05) is 18.2 Å². The smallest absolute Gasteiger partial charge is 0.123 e. The van der Waals surface area contributed by atoms with Crippen molar-refractivity contribution in [1.82, 2.24) is 10.3 Å². The van der Waals surface area contributed by atoms with Crippen molar-refractivity contribution < 1.29 is 4.39 Å². The SMILES string of the molecule is CCCNC(C)c1ccc(F)cc1-c1cccnc1. The van der Waals surface area contributed by atoms with Crippen LogP contribution in [0, 0.1) is 5.82 Å². The van der Waals surface area contributed by atoms with Crippen molar-refractivity contribution in [3.8, 4) is 11.1 Å². The molecule has 0 radical (unpaired) electrons. The highest BCUT2D eigenvalue weighted by Gasteiger charge is 2.12. The van der Waals surface area contributed by atoms with Crippen LogP contribution in [0.5, 0.6) is 0 Å². The molecule has 1 unspecified atom stereocenters. The van der Waals surface area contributed by atoms with E-state index in [2.05, 4.69) is 24.1 Å². The molecule has 0 aliphatic carbocycles. The van der Waals surface area contributed by atoms with E-state index in [1.54, 1.807) is 18.5 Å². The van der Waals surface area contributed by atoms with E-state index in [9.17, 15) is 4.39 Å². The maximum Gasteiger partial charge on any atom is 0.123 e. The van der Waals surface area contributed by atoms with Crippen LogP contribution in [-0.4, -0.2) is 11.5 Å². The summed E-state index contributed by atoms with van der Waals surface area (Å²) in [6.07, 6.45) is 4.57. The average molecular weight is 258 g/mol. The van der Waals surface area contributed by atoms with Crippen molar-refractivity contribution in [3.63, 3.8) is 0 Å². The van der Waals surface area contributed by atoms with Crippen molar-refractivity contribution in [2.45, 2.75) is 26.3 Å². The minimum Gasteiger partial charge on any atom is -0.310 e. The zero-order valence-corrected chi connectivity index (χ0v) is 11.4. The molecule has 3 heteroatoms. The van der Waals surface area contributed by atoms with E-state index in [0.717, 1.165) is 29.7 Å². The van der Waals surface area contributed by atoms with Crippen LogP contribution in [0.2, 0.25) is 0 Å². The van der Waals surface area contributed by atoms with Gasteiger partial charge in [0.1, 0.15) is 5.82 Å². The lowest BCUT2D eigenvalue weighted by Crippen LogP contribution is -2.20. The maximum atomic E-state index is 13.5. The fraction of sp³-hybridized carbons (Fsp3) is 0.312. The summed E-state index contributed by atoms with van der Waals surface area (Å²) in [6, 6.07) is 8.96. The van der Waals surface area contributed by atoms with Gasteiger partial charge in [0.05, 0.1) is 0 Å². The fourth-order valence-corrected chi connectivity index (χ4v) is 2.15. The molecule has 0 amide bonds. The molecule has 0 bridgehead atoms. The summed E-state index contributed by atoms with van der Waals surface area (Å²) < 4.78 is 13.5. The number of rotatable bonds is 5. The van der Waals surface area contributed by atoms with Crippen LogP contribution in [0.4, 0.5) is 4.39 Å². The third kappa shape index (κ3) is 3.38. The molecule has 0 saturated carbocycles. The number of hydrogen-bond donors (Lipinski definition) is 1. The summed E-state index contributed by atoms with van der Waals surface area (Å²) in [5, 5.41) is 3.44. The quantitative estimate of drug-likeness (QED) is 0.878. The van der Waals surface area contributed by atoms with E-state index in [0.29, 0.717) is 0 Å². The van der Waals surface area contributed by atoms with Crippen LogP contribution in [0.15, 0.2) is 42.7 Å². The highest BCUT2D eigenvalue weighted by molar-refractivity contribution is 5.67. The van der Waals surface area contributed by atoms with Gasteiger partial charge in [-0.25, -0.2) is 4.39 Å². The molecule has 0 spiro atoms. The molecule has 0 aliphatic heterocycles. The Balaban J connectivity index is 2.38. The Bertz CT molecular complexity index is 526. The maximum absolute atomic E-state index is 13.5. The van der Waals surface area contributed by atoms with E-state index < -0.39 is 0 Å². The third-order valence-electron chi connectivity index (χ3n) is 3.15. The number of hydrogen-bond acceptors (Lipinski definition) is 2. The van der Waals surface area contributed by atoms with Crippen LogP contribution < -0.4 is 5.32 Å². The molecule has 1 heterocycles. The first-order chi connectivity index (χ1) is 9.22. The summed E-state index contributed by atoms with van der Waals surface area (Å²) in [6.45, 7) is 5.18. The van der Waals surface area contributed by atoms with Gasteiger partial charge in [0.25, 0.3) is 0 Å². The second kappa shape index (κ2) is 6.43. The Morgan fingerprint density at radius 3 is 2.84 bits per heavy atom. The van der Waals surface area contributed by atoms with Gasteiger partial charge in [0.15, 0.2) is 0 Å². The Morgan fingerprint density at radius 2 is 2.16 bits per heavy atom. The van der Waals surface area contributed by atoms with Crippen LogP contribution in [0.3, 0.4) is 0 Å². The van der Waals surface area contributed by atoms with Gasteiger partial charge in [-0.1, -0.05) is 19.1 Å². The molecular formula is C16H19FN2. The number of nitrogens with zero attached hydrogens (tertiary/aromatic N) is 1. The Morgan fingerprint density at radius 1 is 1.32 bits per heavy atom. The summed E-state index contributed by atoms with van der Waals surface area (Å²) in [5.74, 6) is -0.217. The van der Waals surface area contributed by atoms with Gasteiger partial charge in [-0.3, -0.25) is 4.98 Å². The van der Waals surface area contributed by atoms with Crippen LogP contribution in [-0.2, 0) is 0 Å². The van der Waals surface area contributed by atoms with Gasteiger partial charge in [-0.15, -0.1) is 0 Å². The standard InChI is InChI=1S/C16H19FN2/c1-3-8-19-12(2)15-7-6-14(17)10-16(15)13-5-4-9-18-11-13/h4-7,9-12,19H,3,8H2,1-2H3. The summed E-state index contributed by atoms with van der Waals surface area (Å²) in [7, 11) is 0. The van der Waals surface area contributed by atoms with E-state index in [4.69, 9.17) is 0 Å². The molecule has 2 nitrogen and oxygen atoms in total. The first-order valence-corrected chi connectivity index (χ1v) is 6.65. The average Bonchev–Trinajstić information content (AvgIpc) is 2.45. The zero-order chi connectivity index (χ0) is 13.7. The van der Waals surface area contributed by atoms with E-state index in [-0.39, 0.29) is 11.9 Å². The molecule has 2 rings (SSSR count). The largest absolute Gasteiger partial charge is 0.310 e. The highest BCUT2D eigenvalue weighted by atomic mass is 19.1. The predicted octanol–water partition coefficient (Wildman–Crippen LogP) is 3.95. The third-order valence-corrected chi connectivity index (χ3v) is 3.15. The van der Waals surface area contributed by atoms with Gasteiger partial charge < -0.3 is 5.32 Å². The van der Waals surface area contributed by atoms with Crippen LogP contribution in [0.1, 0.15) is 31.9 Å². The van der Waals surface area contributed by atoms with Gasteiger partial charge in [-0.05, 0) is 49.2 Å². The second-order valence-electron chi connectivity index (χ2n) is 4.65. The van der Waals surface area contributed by atoms with E-state index in [1.165, 1.54) is 6.07 Å². The Kier molecular flexibility index (Phi) is 4.63. The van der Waals surface area contributed by atoms with Crippen molar-refractivity contribution >= 4 is 0 Å². The number of aromatic nitrogens is 1. The lowest BCUT2D eigenvalue weighted by atomic mass is 9.96. The fourth-order valence-electron chi connectivity index (χ4n) is 2.15. The molecule has 0 aliphatic rings. The second-order valence-corrected chi connectivity index (χ2v) is 4.65. The molecule has 2 aromatic rings. The van der Waals surface area contributed by atoms with Gasteiger partial charge in [0, 0.05) is 24.0 Å². The zero-order valence-electron chi connectivity index (χ0n) is 11.4. The molecule has 0 saturated heterocycles. The van der Waals surface area contributed by atoms with Gasteiger partial charge in [-0.2, -0.15) is 0 Å². The van der Waals surface area contributed by atoms with Gasteiger partial charge in [0.2, 0.25) is 0 Å². The van der Waals surface area contributed by atoms with Crippen molar-refractivity contribution in [2.75, 3.05) is 6.54 Å². The summed E-state index contributed by atoms with van der Waals surface area (Å²) >= 11 is 0. The number of benzene rings is 1. The summed E-state index contributed by atoms with van der Waals surface area (Å²) in [4.78, 5) is 4.11. The molecule has 1 aromatic heterocycles. The first-order valence-electron chi connectivity index (χ1n) is 6.65. The van der Waals surface area contributed by atoms with Crippen LogP contribution in [0.25, 0.3) is 11.1 Å². The molecule has 1 aromatic carbocycles. The molecule has 19 heavy (non-hydrogen) atoms. The molecule has 1 atom stereocenters. The molecule has 100 valence electrons. The minimum atomic E-state index is -0.217. The molecule has 0 fully saturated rings. The van der Waals surface area contributed by atoms with Crippen molar-refractivity contribution in [3.05, 3.63) is 54.1 Å². The highest BCUT2D eigenvalue weighted by Crippen LogP contribution is 2.28. The number of nitrogens with one attached hydrogen (secondary N) is 1. The minimum absolute atomic E-state index is 0.191. The van der Waals surface area contributed by atoms with E-state index >= 15 is 0 Å². The van der Waals surface area contributed by atoms with Gasteiger partial charge >= 0.3 is 0 Å². The Hall–Kier alpha value is -1.74. The van der Waals surface area contributed by atoms with Crippen molar-refractivity contribution in [1.29, 1.82) is 0 Å². The first kappa shape index (κ1) is 13.7. The van der Waals surface area contributed by atoms with Crippen LogP contribution >= 0.6 is 0 Å². The number of halogens is 1. The monoisotopic (exact) mass is 258 g/mol. The lowest BCUT2D eigenvalue weighted by Gasteiger charge is -2.18. The topological polar surface area (TPSA) is 24.9 Å². The molecular weight excluding hydrogens is 239 g/mol. The predicted molar refractivity (Wildman–Crippen MR) is 76.3 cm³/mol. The normalized spacial score (nSPS) is 12.4. The van der Waals surface area contributed by atoms with Crippen molar-refractivity contribution in [2.24, 2.45) is 0 Å². The summed E-state index contributed by atoms with van der Waals surface area (Å²) in [5.41, 5.74) is 2.95. The molecule has 1 N–H and O–H groups in total. The number of pyridine rings is 1. The Labute approximate surface area is 113 Å².